The molecule has 0 aromatic carbocycles. The smallest absolute Gasteiger partial charge is 0.371 e. The Hall–Kier alpha value is -1.66. The first-order chi connectivity index (χ1) is 8.97. The summed E-state index contributed by atoms with van der Waals surface area (Å²) >= 11 is 1.62. The predicted molar refractivity (Wildman–Crippen MR) is 72.5 cm³/mol. The van der Waals surface area contributed by atoms with Crippen molar-refractivity contribution in [3.05, 3.63) is 39.2 Å². The highest BCUT2D eigenvalue weighted by Crippen LogP contribution is 2.19. The molecule has 0 fully saturated rings. The van der Waals surface area contributed by atoms with Crippen molar-refractivity contribution in [3.8, 4) is 0 Å². The van der Waals surface area contributed by atoms with Crippen LogP contribution in [0.3, 0.4) is 0 Å². The van der Waals surface area contributed by atoms with Crippen molar-refractivity contribution in [2.24, 2.45) is 0 Å². The number of carboxylic acid groups (broad SMARTS) is 1. The number of thiazole rings is 1. The van der Waals surface area contributed by atoms with E-state index < -0.39 is 5.97 Å². The molecule has 0 aliphatic carbocycles. The van der Waals surface area contributed by atoms with E-state index in [2.05, 4.69) is 10.3 Å². The number of furan rings is 1. The third-order valence-corrected chi connectivity index (χ3v) is 3.98. The fourth-order valence-electron chi connectivity index (χ4n) is 1.72. The Bertz CT molecular complexity index is 588. The van der Waals surface area contributed by atoms with Crippen LogP contribution in [0.4, 0.5) is 0 Å². The number of nitrogens with zero attached hydrogens (tertiary/aromatic N) is 1. The van der Waals surface area contributed by atoms with Crippen LogP contribution in [0.25, 0.3) is 0 Å². The van der Waals surface area contributed by atoms with Crippen LogP contribution in [0.15, 0.2) is 15.9 Å². The second kappa shape index (κ2) is 5.54. The SMILES string of the molecule is Cc1csc(C(C)NCc2cc(C(=O)O)oc2C)n1. The molecule has 1 atom stereocenters. The minimum absolute atomic E-state index is 0.0213. The zero-order valence-electron chi connectivity index (χ0n) is 11.1. The molecular weight excluding hydrogens is 264 g/mol. The summed E-state index contributed by atoms with van der Waals surface area (Å²) in [5, 5.41) is 15.2. The van der Waals surface area contributed by atoms with Crippen LogP contribution in [0, 0.1) is 13.8 Å². The summed E-state index contributed by atoms with van der Waals surface area (Å²) in [6.07, 6.45) is 0. The largest absolute Gasteiger partial charge is 0.475 e. The lowest BCUT2D eigenvalue weighted by Gasteiger charge is -2.10. The van der Waals surface area contributed by atoms with E-state index >= 15 is 0 Å². The van der Waals surface area contributed by atoms with Crippen LogP contribution in [0.2, 0.25) is 0 Å². The molecular formula is C13H16N2O3S. The lowest BCUT2D eigenvalue weighted by molar-refractivity contribution is 0.0661. The molecule has 2 heterocycles. The van der Waals surface area contributed by atoms with E-state index in [4.69, 9.17) is 9.52 Å². The number of aromatic carboxylic acids is 1. The molecule has 0 radical (unpaired) electrons. The first-order valence-electron chi connectivity index (χ1n) is 5.95. The maximum absolute atomic E-state index is 10.8. The van der Waals surface area contributed by atoms with Crippen molar-refractivity contribution in [2.45, 2.75) is 33.4 Å². The van der Waals surface area contributed by atoms with Crippen LogP contribution < -0.4 is 5.32 Å². The molecule has 2 aromatic rings. The van der Waals surface area contributed by atoms with Gasteiger partial charge in [-0.25, -0.2) is 9.78 Å². The van der Waals surface area contributed by atoms with Gasteiger partial charge in [0.05, 0.1) is 6.04 Å². The van der Waals surface area contributed by atoms with Crippen molar-refractivity contribution in [3.63, 3.8) is 0 Å². The van der Waals surface area contributed by atoms with Crippen molar-refractivity contribution in [1.29, 1.82) is 0 Å². The van der Waals surface area contributed by atoms with Gasteiger partial charge in [-0.05, 0) is 26.8 Å². The third kappa shape index (κ3) is 3.21. The van der Waals surface area contributed by atoms with Crippen molar-refractivity contribution >= 4 is 17.3 Å². The number of rotatable bonds is 5. The van der Waals surface area contributed by atoms with Gasteiger partial charge in [0, 0.05) is 23.2 Å². The van der Waals surface area contributed by atoms with Crippen LogP contribution in [-0.2, 0) is 6.54 Å². The molecule has 0 bridgehead atoms. The molecule has 0 spiro atoms. The fourth-order valence-corrected chi connectivity index (χ4v) is 2.55. The molecule has 6 heteroatoms. The number of hydrogen-bond acceptors (Lipinski definition) is 5. The Kier molecular flexibility index (Phi) is 4.01. The molecule has 0 saturated heterocycles. The van der Waals surface area contributed by atoms with Gasteiger partial charge in [0.2, 0.25) is 5.76 Å². The lowest BCUT2D eigenvalue weighted by atomic mass is 10.2. The van der Waals surface area contributed by atoms with Crippen molar-refractivity contribution in [2.75, 3.05) is 0 Å². The standard InChI is InChI=1S/C13H16N2O3S/c1-7-6-19-12(15-7)8(2)14-5-10-4-11(13(16)17)18-9(10)3/h4,6,8,14H,5H2,1-3H3,(H,16,17). The number of carbonyl (C=O) groups is 1. The summed E-state index contributed by atoms with van der Waals surface area (Å²) in [6, 6.07) is 1.69. The summed E-state index contributed by atoms with van der Waals surface area (Å²) in [5.74, 6) is -0.433. The zero-order valence-corrected chi connectivity index (χ0v) is 11.9. The Morgan fingerprint density at radius 1 is 1.58 bits per heavy atom. The normalized spacial score (nSPS) is 12.6. The molecule has 102 valence electrons. The predicted octanol–water partition coefficient (Wildman–Crippen LogP) is 2.90. The number of aromatic nitrogens is 1. The number of hydrogen-bond donors (Lipinski definition) is 2. The third-order valence-electron chi connectivity index (χ3n) is 2.84. The lowest BCUT2D eigenvalue weighted by Crippen LogP contribution is -2.18. The maximum Gasteiger partial charge on any atom is 0.371 e. The minimum atomic E-state index is -1.04. The van der Waals surface area contributed by atoms with E-state index in [1.54, 1.807) is 24.3 Å². The summed E-state index contributed by atoms with van der Waals surface area (Å²) in [5.41, 5.74) is 1.87. The Morgan fingerprint density at radius 2 is 2.32 bits per heavy atom. The molecule has 0 saturated carbocycles. The highest BCUT2D eigenvalue weighted by molar-refractivity contribution is 7.09. The Labute approximate surface area is 115 Å². The van der Waals surface area contributed by atoms with E-state index in [9.17, 15) is 4.79 Å². The summed E-state index contributed by atoms with van der Waals surface area (Å²) < 4.78 is 5.17. The molecule has 2 N–H and O–H groups in total. The average Bonchev–Trinajstić information content (AvgIpc) is 2.93. The van der Waals surface area contributed by atoms with Crippen molar-refractivity contribution < 1.29 is 14.3 Å². The van der Waals surface area contributed by atoms with Gasteiger partial charge in [0.1, 0.15) is 10.8 Å². The monoisotopic (exact) mass is 280 g/mol. The van der Waals surface area contributed by atoms with Crippen LogP contribution >= 0.6 is 11.3 Å². The van der Waals surface area contributed by atoms with E-state index in [1.165, 1.54) is 0 Å². The Balaban J connectivity index is 2.00. The van der Waals surface area contributed by atoms with Crippen molar-refractivity contribution in [1.82, 2.24) is 10.3 Å². The number of aryl methyl sites for hydroxylation is 2. The number of nitrogens with one attached hydrogen (secondary N) is 1. The second-order valence-corrected chi connectivity index (χ2v) is 5.32. The van der Waals surface area contributed by atoms with Gasteiger partial charge >= 0.3 is 5.97 Å². The average molecular weight is 280 g/mol. The van der Waals surface area contributed by atoms with E-state index in [0.29, 0.717) is 12.3 Å². The summed E-state index contributed by atoms with van der Waals surface area (Å²) in [6.45, 7) is 6.32. The fraction of sp³-hybridized carbons (Fsp3) is 0.385. The highest BCUT2D eigenvalue weighted by Gasteiger charge is 2.14. The molecule has 5 nitrogen and oxygen atoms in total. The van der Waals surface area contributed by atoms with Gasteiger partial charge in [-0.3, -0.25) is 0 Å². The van der Waals surface area contributed by atoms with Gasteiger partial charge in [-0.1, -0.05) is 0 Å². The molecule has 1 unspecified atom stereocenters. The van der Waals surface area contributed by atoms with Crippen LogP contribution in [0.5, 0.6) is 0 Å². The van der Waals surface area contributed by atoms with Gasteiger partial charge in [0.15, 0.2) is 0 Å². The van der Waals surface area contributed by atoms with E-state index in [-0.39, 0.29) is 11.8 Å². The molecule has 2 rings (SSSR count). The van der Waals surface area contributed by atoms with Gasteiger partial charge in [0.25, 0.3) is 0 Å². The maximum atomic E-state index is 10.8. The van der Waals surface area contributed by atoms with Gasteiger partial charge in [-0.15, -0.1) is 11.3 Å². The molecule has 2 aromatic heterocycles. The Morgan fingerprint density at radius 3 is 2.84 bits per heavy atom. The molecule has 0 aliphatic heterocycles. The van der Waals surface area contributed by atoms with Crippen LogP contribution in [0.1, 0.15) is 45.5 Å². The van der Waals surface area contributed by atoms with E-state index in [0.717, 1.165) is 16.3 Å². The first-order valence-corrected chi connectivity index (χ1v) is 6.83. The summed E-state index contributed by atoms with van der Waals surface area (Å²) in [4.78, 5) is 15.2. The molecule has 0 aliphatic rings. The van der Waals surface area contributed by atoms with E-state index in [1.807, 2.05) is 19.2 Å². The highest BCUT2D eigenvalue weighted by atomic mass is 32.1. The van der Waals surface area contributed by atoms with Gasteiger partial charge < -0.3 is 14.8 Å². The second-order valence-electron chi connectivity index (χ2n) is 4.43. The topological polar surface area (TPSA) is 75.4 Å². The zero-order chi connectivity index (χ0) is 14.0. The molecule has 19 heavy (non-hydrogen) atoms. The quantitative estimate of drug-likeness (QED) is 0.880. The molecule has 0 amide bonds. The van der Waals surface area contributed by atoms with Crippen LogP contribution in [-0.4, -0.2) is 16.1 Å². The van der Waals surface area contributed by atoms with Gasteiger partial charge in [-0.2, -0.15) is 0 Å². The first kappa shape index (κ1) is 13.8. The number of carboxylic acids is 1. The minimum Gasteiger partial charge on any atom is -0.475 e. The summed E-state index contributed by atoms with van der Waals surface area (Å²) in [7, 11) is 0.